The van der Waals surface area contributed by atoms with Gasteiger partial charge in [-0.05, 0) is 24.6 Å². The SMILES string of the molecule is CCCNC(=O)c1ccc(N2CCNCC2)c(NS(C)(=O)=O)c1.O=C(O)C(F)(F)F. The first-order chi connectivity index (χ1) is 13.8. The molecule has 0 saturated carbocycles. The van der Waals surface area contributed by atoms with Gasteiger partial charge in [0.25, 0.3) is 5.91 Å². The number of hydrogen-bond acceptors (Lipinski definition) is 6. The third-order valence-corrected chi connectivity index (χ3v) is 4.38. The van der Waals surface area contributed by atoms with Crippen molar-refractivity contribution in [2.24, 2.45) is 0 Å². The fourth-order valence-corrected chi connectivity index (χ4v) is 3.04. The molecule has 4 N–H and O–H groups in total. The molecular formula is C17H25F3N4O5S. The van der Waals surface area contributed by atoms with Gasteiger partial charge in [-0.1, -0.05) is 6.92 Å². The topological polar surface area (TPSA) is 128 Å². The summed E-state index contributed by atoms with van der Waals surface area (Å²) in [5, 5.41) is 13.2. The zero-order chi connectivity index (χ0) is 22.9. The van der Waals surface area contributed by atoms with Crippen LogP contribution in [-0.2, 0) is 14.8 Å². The maximum Gasteiger partial charge on any atom is 0.490 e. The Kier molecular flexibility index (Phi) is 9.36. The van der Waals surface area contributed by atoms with E-state index in [-0.39, 0.29) is 5.91 Å². The summed E-state index contributed by atoms with van der Waals surface area (Å²) in [7, 11) is -3.42. The summed E-state index contributed by atoms with van der Waals surface area (Å²) in [6, 6.07) is 5.14. The maximum absolute atomic E-state index is 12.1. The molecule has 1 saturated heterocycles. The molecule has 13 heteroatoms. The second-order valence-electron chi connectivity index (χ2n) is 6.40. The van der Waals surface area contributed by atoms with Crippen LogP contribution in [0.4, 0.5) is 24.5 Å². The number of nitrogens with one attached hydrogen (secondary N) is 3. The van der Waals surface area contributed by atoms with E-state index < -0.39 is 22.2 Å². The van der Waals surface area contributed by atoms with E-state index >= 15 is 0 Å². The minimum Gasteiger partial charge on any atom is -0.475 e. The summed E-state index contributed by atoms with van der Waals surface area (Å²) in [4.78, 5) is 23.1. The lowest BCUT2D eigenvalue weighted by Gasteiger charge is -2.31. The van der Waals surface area contributed by atoms with Crippen LogP contribution in [0.25, 0.3) is 0 Å². The van der Waals surface area contributed by atoms with Crippen LogP contribution < -0.4 is 20.3 Å². The Morgan fingerprint density at radius 1 is 1.23 bits per heavy atom. The molecule has 9 nitrogen and oxygen atoms in total. The van der Waals surface area contributed by atoms with Gasteiger partial charge in [-0.25, -0.2) is 13.2 Å². The normalized spacial score (nSPS) is 14.4. The molecule has 0 spiro atoms. The first-order valence-corrected chi connectivity index (χ1v) is 10.9. The van der Waals surface area contributed by atoms with Crippen LogP contribution in [0.2, 0.25) is 0 Å². The van der Waals surface area contributed by atoms with E-state index in [0.717, 1.165) is 44.5 Å². The summed E-state index contributed by atoms with van der Waals surface area (Å²) in [6.45, 7) is 5.84. The number of sulfonamides is 1. The van der Waals surface area contributed by atoms with E-state index in [1.54, 1.807) is 18.2 Å². The van der Waals surface area contributed by atoms with Crippen molar-refractivity contribution in [3.05, 3.63) is 23.8 Å². The molecule has 1 aliphatic rings. The molecule has 0 radical (unpaired) electrons. The molecule has 1 aromatic carbocycles. The van der Waals surface area contributed by atoms with Crippen molar-refractivity contribution >= 4 is 33.3 Å². The van der Waals surface area contributed by atoms with E-state index in [2.05, 4.69) is 20.3 Å². The fraction of sp³-hybridized carbons (Fsp3) is 0.529. The van der Waals surface area contributed by atoms with Gasteiger partial charge in [-0.2, -0.15) is 13.2 Å². The van der Waals surface area contributed by atoms with Crippen molar-refractivity contribution in [1.82, 2.24) is 10.6 Å². The van der Waals surface area contributed by atoms with Crippen LogP contribution in [0.15, 0.2) is 18.2 Å². The number of halogens is 3. The number of amides is 1. The van der Waals surface area contributed by atoms with E-state index in [1.165, 1.54) is 0 Å². The number of nitrogens with zero attached hydrogens (tertiary/aromatic N) is 1. The third-order valence-electron chi connectivity index (χ3n) is 3.79. The molecule has 30 heavy (non-hydrogen) atoms. The number of piperazine rings is 1. The fourth-order valence-electron chi connectivity index (χ4n) is 2.48. The first kappa shape index (κ1) is 25.5. The lowest BCUT2D eigenvalue weighted by Crippen LogP contribution is -2.43. The highest BCUT2D eigenvalue weighted by Gasteiger charge is 2.38. The minimum atomic E-state index is -5.08. The van der Waals surface area contributed by atoms with Crippen molar-refractivity contribution in [2.45, 2.75) is 19.5 Å². The van der Waals surface area contributed by atoms with Crippen molar-refractivity contribution in [3.63, 3.8) is 0 Å². The second-order valence-corrected chi connectivity index (χ2v) is 8.15. The van der Waals surface area contributed by atoms with Gasteiger partial charge in [0, 0.05) is 38.3 Å². The monoisotopic (exact) mass is 454 g/mol. The predicted molar refractivity (Wildman–Crippen MR) is 106 cm³/mol. The van der Waals surface area contributed by atoms with Crippen LogP contribution in [-0.4, -0.2) is 70.6 Å². The third kappa shape index (κ3) is 8.86. The van der Waals surface area contributed by atoms with Gasteiger partial charge in [-0.15, -0.1) is 0 Å². The molecule has 0 unspecified atom stereocenters. The number of carbonyl (C=O) groups is 2. The Balaban J connectivity index is 0.000000553. The van der Waals surface area contributed by atoms with Crippen LogP contribution in [0.1, 0.15) is 23.7 Å². The molecule has 0 bridgehead atoms. The summed E-state index contributed by atoms with van der Waals surface area (Å²) in [6.07, 6.45) is -3.13. The van der Waals surface area contributed by atoms with Crippen LogP contribution in [0.5, 0.6) is 0 Å². The van der Waals surface area contributed by atoms with Gasteiger partial charge < -0.3 is 20.6 Å². The van der Waals surface area contributed by atoms with Gasteiger partial charge in [0.15, 0.2) is 0 Å². The smallest absolute Gasteiger partial charge is 0.475 e. The van der Waals surface area contributed by atoms with E-state index in [9.17, 15) is 26.4 Å². The Bertz CT molecular complexity index is 840. The van der Waals surface area contributed by atoms with Crippen molar-refractivity contribution < 1.29 is 36.3 Å². The predicted octanol–water partition coefficient (Wildman–Crippen LogP) is 1.24. The van der Waals surface area contributed by atoms with E-state index in [0.29, 0.717) is 17.8 Å². The zero-order valence-corrected chi connectivity index (χ0v) is 17.4. The average Bonchev–Trinajstić information content (AvgIpc) is 2.65. The van der Waals surface area contributed by atoms with Gasteiger partial charge in [0.05, 0.1) is 17.6 Å². The Morgan fingerprint density at radius 3 is 2.27 bits per heavy atom. The number of carboxylic acids is 1. The highest BCUT2D eigenvalue weighted by atomic mass is 32.2. The lowest BCUT2D eigenvalue weighted by atomic mass is 10.1. The van der Waals surface area contributed by atoms with Gasteiger partial charge in [0.1, 0.15) is 0 Å². The Labute approximate surface area is 172 Å². The molecule has 2 rings (SSSR count). The lowest BCUT2D eigenvalue weighted by molar-refractivity contribution is -0.192. The number of rotatable bonds is 6. The standard InChI is InChI=1S/C15H24N4O3S.C2HF3O2/c1-3-6-17-15(20)12-4-5-14(19-9-7-16-8-10-19)13(11-12)18-23(2,21)22;3-2(4,5)1(6)7/h4-5,11,16,18H,3,6-10H2,1-2H3,(H,17,20);(H,6,7). The maximum atomic E-state index is 12.1. The number of benzene rings is 1. The quantitative estimate of drug-likeness (QED) is 0.509. The van der Waals surface area contributed by atoms with Crippen LogP contribution in [0, 0.1) is 0 Å². The number of anilines is 2. The molecule has 1 aliphatic heterocycles. The molecule has 0 aliphatic carbocycles. The number of carbonyl (C=O) groups excluding carboxylic acids is 1. The molecule has 0 atom stereocenters. The number of hydrogen-bond donors (Lipinski definition) is 4. The second kappa shape index (κ2) is 11.0. The van der Waals surface area contributed by atoms with Crippen molar-refractivity contribution in [3.8, 4) is 0 Å². The minimum absolute atomic E-state index is 0.199. The number of aliphatic carboxylic acids is 1. The summed E-state index contributed by atoms with van der Waals surface area (Å²) >= 11 is 0. The highest BCUT2D eigenvalue weighted by molar-refractivity contribution is 7.92. The molecular weight excluding hydrogens is 429 g/mol. The van der Waals surface area contributed by atoms with E-state index in [1.807, 2.05) is 6.92 Å². The zero-order valence-electron chi connectivity index (χ0n) is 16.5. The Morgan fingerprint density at radius 2 is 1.80 bits per heavy atom. The molecule has 1 aromatic rings. The average molecular weight is 454 g/mol. The highest BCUT2D eigenvalue weighted by Crippen LogP contribution is 2.28. The first-order valence-electron chi connectivity index (χ1n) is 9.01. The molecule has 1 amide bonds. The summed E-state index contributed by atoms with van der Waals surface area (Å²) < 4.78 is 57.6. The van der Waals surface area contributed by atoms with Gasteiger partial charge in [0.2, 0.25) is 10.0 Å². The Hall–Kier alpha value is -2.54. The number of carboxylic acid groups (broad SMARTS) is 1. The van der Waals surface area contributed by atoms with Crippen LogP contribution in [0.3, 0.4) is 0 Å². The summed E-state index contributed by atoms with van der Waals surface area (Å²) in [5.74, 6) is -2.96. The molecule has 0 aromatic heterocycles. The summed E-state index contributed by atoms with van der Waals surface area (Å²) in [5.41, 5.74) is 1.69. The van der Waals surface area contributed by atoms with Crippen molar-refractivity contribution in [2.75, 3.05) is 48.6 Å². The molecule has 1 heterocycles. The van der Waals surface area contributed by atoms with E-state index in [4.69, 9.17) is 9.90 Å². The number of alkyl halides is 3. The van der Waals surface area contributed by atoms with Gasteiger partial charge >= 0.3 is 12.1 Å². The molecule has 170 valence electrons. The van der Waals surface area contributed by atoms with Crippen molar-refractivity contribution in [1.29, 1.82) is 0 Å². The van der Waals surface area contributed by atoms with Gasteiger partial charge in [-0.3, -0.25) is 9.52 Å². The molecule has 1 fully saturated rings. The van der Waals surface area contributed by atoms with Crippen LogP contribution >= 0.6 is 0 Å². The largest absolute Gasteiger partial charge is 0.490 e.